The maximum atomic E-state index is 12.3. The van der Waals surface area contributed by atoms with Crippen molar-refractivity contribution in [2.24, 2.45) is 5.10 Å². The second-order valence-electron chi connectivity index (χ2n) is 6.00. The molecule has 3 aromatic rings. The highest BCUT2D eigenvalue weighted by molar-refractivity contribution is 5.93. The van der Waals surface area contributed by atoms with Gasteiger partial charge in [-0.05, 0) is 19.1 Å². The monoisotopic (exact) mass is 376 g/mol. The second kappa shape index (κ2) is 8.77. The molecule has 28 heavy (non-hydrogen) atoms. The number of benzene rings is 2. The normalized spacial score (nSPS) is 10.7. The minimum atomic E-state index is -0.451. The van der Waals surface area contributed by atoms with E-state index in [9.17, 15) is 4.79 Å². The van der Waals surface area contributed by atoms with Gasteiger partial charge >= 0.3 is 0 Å². The Morgan fingerprint density at radius 2 is 1.71 bits per heavy atom. The van der Waals surface area contributed by atoms with Crippen LogP contribution in [-0.4, -0.2) is 36.3 Å². The molecule has 0 saturated carbocycles. The Hall–Kier alpha value is -3.74. The molecule has 1 heterocycles. The van der Waals surface area contributed by atoms with Crippen LogP contribution in [0.3, 0.4) is 0 Å². The molecule has 0 aliphatic heterocycles. The van der Waals surface area contributed by atoms with E-state index in [0.29, 0.717) is 17.2 Å². The molecule has 1 N–H and O–H groups in total. The van der Waals surface area contributed by atoms with Crippen molar-refractivity contribution in [3.63, 3.8) is 0 Å². The fraction of sp³-hybridized carbons (Fsp3) is 0.143. The van der Waals surface area contributed by atoms with Crippen LogP contribution < -0.4 is 14.9 Å². The number of carbonyl (C=O) groups excluding carboxylic acids is 1. The summed E-state index contributed by atoms with van der Waals surface area (Å²) in [6.07, 6.45) is 4.52. The fourth-order valence-corrected chi connectivity index (χ4v) is 2.47. The molecule has 0 saturated heterocycles. The largest absolute Gasteiger partial charge is 0.497 e. The number of methoxy groups -OCH3 is 2. The number of nitrogens with zero attached hydrogens (tertiary/aromatic N) is 3. The van der Waals surface area contributed by atoms with Gasteiger partial charge in [0, 0.05) is 17.2 Å². The van der Waals surface area contributed by atoms with Crippen LogP contribution in [0.5, 0.6) is 11.5 Å². The van der Waals surface area contributed by atoms with Crippen LogP contribution >= 0.6 is 0 Å². The molecule has 7 heteroatoms. The summed E-state index contributed by atoms with van der Waals surface area (Å²) in [4.78, 5) is 20.8. The molecule has 0 radical (unpaired) electrons. The Bertz CT molecular complexity index is 979. The highest BCUT2D eigenvalue weighted by atomic mass is 16.5. The van der Waals surface area contributed by atoms with E-state index in [2.05, 4.69) is 20.5 Å². The zero-order valence-electron chi connectivity index (χ0n) is 15.8. The summed E-state index contributed by atoms with van der Waals surface area (Å²) in [6, 6.07) is 13.1. The molecule has 0 aliphatic carbocycles. The predicted molar refractivity (Wildman–Crippen MR) is 107 cm³/mol. The molecule has 7 nitrogen and oxygen atoms in total. The van der Waals surface area contributed by atoms with E-state index < -0.39 is 5.91 Å². The Kier molecular flexibility index (Phi) is 5.96. The molecule has 3 rings (SSSR count). The lowest BCUT2D eigenvalue weighted by Gasteiger charge is -2.06. The van der Waals surface area contributed by atoms with Gasteiger partial charge in [-0.1, -0.05) is 29.8 Å². The lowest BCUT2D eigenvalue weighted by molar-refractivity contribution is 0.0950. The van der Waals surface area contributed by atoms with Crippen LogP contribution in [0.25, 0.3) is 11.3 Å². The average Bonchev–Trinajstić information content (AvgIpc) is 2.74. The number of rotatable bonds is 6. The van der Waals surface area contributed by atoms with Gasteiger partial charge in [-0.25, -0.2) is 10.4 Å². The number of aromatic nitrogens is 2. The number of carbonyl (C=O) groups is 1. The SMILES string of the molecule is COc1cc(C=NNC(=O)c2cncc(-c3ccc(C)cc3)n2)cc(OC)c1. The minimum absolute atomic E-state index is 0.179. The van der Waals surface area contributed by atoms with Crippen molar-refractivity contribution in [3.05, 3.63) is 71.7 Å². The number of hydrazone groups is 1. The van der Waals surface area contributed by atoms with Gasteiger partial charge in [-0.2, -0.15) is 5.10 Å². The van der Waals surface area contributed by atoms with E-state index in [0.717, 1.165) is 16.7 Å². The van der Waals surface area contributed by atoms with Crippen LogP contribution in [0.2, 0.25) is 0 Å². The molecular formula is C21H20N4O3. The lowest BCUT2D eigenvalue weighted by atomic mass is 10.1. The summed E-state index contributed by atoms with van der Waals surface area (Å²) in [5, 5.41) is 3.98. The van der Waals surface area contributed by atoms with Gasteiger partial charge in [-0.15, -0.1) is 0 Å². The standard InChI is InChI=1S/C21H20N4O3/c1-14-4-6-16(7-5-14)19-12-22-13-20(24-19)21(26)25-23-11-15-8-17(27-2)10-18(9-15)28-3/h4-13H,1-3H3,(H,25,26). The van der Waals surface area contributed by atoms with Gasteiger partial charge in [-0.3, -0.25) is 9.78 Å². The van der Waals surface area contributed by atoms with Crippen molar-refractivity contribution >= 4 is 12.1 Å². The van der Waals surface area contributed by atoms with Crippen molar-refractivity contribution in [2.45, 2.75) is 6.92 Å². The number of amides is 1. The topological polar surface area (TPSA) is 85.7 Å². The summed E-state index contributed by atoms with van der Waals surface area (Å²) >= 11 is 0. The third-order valence-electron chi connectivity index (χ3n) is 3.97. The summed E-state index contributed by atoms with van der Waals surface area (Å²) in [6.45, 7) is 2.01. The van der Waals surface area contributed by atoms with Crippen molar-refractivity contribution in [1.82, 2.24) is 15.4 Å². The van der Waals surface area contributed by atoms with E-state index >= 15 is 0 Å². The Labute approximate surface area is 163 Å². The quantitative estimate of drug-likeness (QED) is 0.527. The number of ether oxygens (including phenoxy) is 2. The highest BCUT2D eigenvalue weighted by Crippen LogP contribution is 2.21. The van der Waals surface area contributed by atoms with Crippen LogP contribution in [0.4, 0.5) is 0 Å². The molecule has 142 valence electrons. The van der Waals surface area contributed by atoms with Gasteiger partial charge in [0.25, 0.3) is 5.91 Å². The maximum absolute atomic E-state index is 12.3. The average molecular weight is 376 g/mol. The second-order valence-corrected chi connectivity index (χ2v) is 6.00. The van der Waals surface area contributed by atoms with E-state index in [1.165, 1.54) is 12.4 Å². The number of nitrogens with one attached hydrogen (secondary N) is 1. The molecule has 0 fully saturated rings. The van der Waals surface area contributed by atoms with Crippen molar-refractivity contribution < 1.29 is 14.3 Å². The fourth-order valence-electron chi connectivity index (χ4n) is 2.47. The molecule has 0 aliphatic rings. The van der Waals surface area contributed by atoms with Crippen LogP contribution in [0.15, 0.2) is 60.0 Å². The first-order valence-corrected chi connectivity index (χ1v) is 8.54. The van der Waals surface area contributed by atoms with Crippen molar-refractivity contribution in [2.75, 3.05) is 14.2 Å². The van der Waals surface area contributed by atoms with E-state index in [-0.39, 0.29) is 5.69 Å². The Morgan fingerprint density at radius 1 is 1.04 bits per heavy atom. The first kappa shape index (κ1) is 19.0. The molecule has 0 bridgehead atoms. The summed E-state index contributed by atoms with van der Waals surface area (Å²) in [5.74, 6) is 0.806. The Balaban J connectivity index is 1.72. The van der Waals surface area contributed by atoms with Crippen LogP contribution in [-0.2, 0) is 0 Å². The summed E-state index contributed by atoms with van der Waals surface area (Å²) < 4.78 is 10.4. The van der Waals surface area contributed by atoms with Crippen molar-refractivity contribution in [1.29, 1.82) is 0 Å². The van der Waals surface area contributed by atoms with Gasteiger partial charge in [0.15, 0.2) is 0 Å². The summed E-state index contributed by atoms with van der Waals surface area (Å²) in [7, 11) is 3.13. The third-order valence-corrected chi connectivity index (χ3v) is 3.97. The minimum Gasteiger partial charge on any atom is -0.497 e. The molecule has 1 amide bonds. The maximum Gasteiger partial charge on any atom is 0.291 e. The van der Waals surface area contributed by atoms with Crippen molar-refractivity contribution in [3.8, 4) is 22.8 Å². The van der Waals surface area contributed by atoms with Gasteiger partial charge < -0.3 is 9.47 Å². The van der Waals surface area contributed by atoms with Crippen LogP contribution in [0.1, 0.15) is 21.6 Å². The Morgan fingerprint density at radius 3 is 2.36 bits per heavy atom. The number of hydrogen-bond acceptors (Lipinski definition) is 6. The molecule has 2 aromatic carbocycles. The smallest absolute Gasteiger partial charge is 0.291 e. The zero-order chi connectivity index (χ0) is 19.9. The first-order chi connectivity index (χ1) is 13.6. The molecule has 0 atom stereocenters. The van der Waals surface area contributed by atoms with Gasteiger partial charge in [0.2, 0.25) is 0 Å². The summed E-state index contributed by atoms with van der Waals surface area (Å²) in [5.41, 5.74) is 6.01. The van der Waals surface area contributed by atoms with E-state index in [1.54, 1.807) is 38.6 Å². The predicted octanol–water partition coefficient (Wildman–Crippen LogP) is 3.23. The number of aryl methyl sites for hydroxylation is 1. The number of hydrogen-bond donors (Lipinski definition) is 1. The molecule has 0 spiro atoms. The van der Waals surface area contributed by atoms with E-state index in [4.69, 9.17) is 9.47 Å². The third kappa shape index (κ3) is 4.70. The van der Waals surface area contributed by atoms with Gasteiger partial charge in [0.1, 0.15) is 17.2 Å². The zero-order valence-corrected chi connectivity index (χ0v) is 15.8. The van der Waals surface area contributed by atoms with Gasteiger partial charge in [0.05, 0.1) is 38.5 Å². The van der Waals surface area contributed by atoms with Crippen LogP contribution in [0, 0.1) is 6.92 Å². The highest BCUT2D eigenvalue weighted by Gasteiger charge is 2.09. The first-order valence-electron chi connectivity index (χ1n) is 8.54. The molecular weight excluding hydrogens is 356 g/mol. The van der Waals surface area contributed by atoms with E-state index in [1.807, 2.05) is 31.2 Å². The molecule has 1 aromatic heterocycles. The lowest BCUT2D eigenvalue weighted by Crippen LogP contribution is -2.19. The molecule has 0 unspecified atom stereocenters.